The number of para-hydroxylation sites is 1. The summed E-state index contributed by atoms with van der Waals surface area (Å²) in [6.07, 6.45) is 3.49. The maximum absolute atomic E-state index is 9.96. The maximum Gasteiger partial charge on any atom is 0.122 e. The van der Waals surface area contributed by atoms with Gasteiger partial charge in [0.25, 0.3) is 0 Å². The zero-order valence-electron chi connectivity index (χ0n) is 16.0. The number of hydrogen-bond acceptors (Lipinski definition) is 5. The second-order valence-corrected chi connectivity index (χ2v) is 8.90. The van der Waals surface area contributed by atoms with E-state index in [4.69, 9.17) is 9.47 Å². The number of hydrogen-bond donors (Lipinski definition) is 2. The quantitative estimate of drug-likeness (QED) is 0.843. The summed E-state index contributed by atoms with van der Waals surface area (Å²) in [7, 11) is 0. The molecular formula is C21H32N2O3. The van der Waals surface area contributed by atoms with Crippen LogP contribution < -0.4 is 10.1 Å². The number of piperidine rings is 1. The fraction of sp³-hybridized carbons (Fsp3) is 0.714. The molecule has 5 heteroatoms. The van der Waals surface area contributed by atoms with E-state index in [2.05, 4.69) is 22.3 Å². The van der Waals surface area contributed by atoms with E-state index in [9.17, 15) is 5.11 Å². The minimum atomic E-state index is -0.814. The fourth-order valence-corrected chi connectivity index (χ4v) is 4.48. The van der Waals surface area contributed by atoms with Crippen molar-refractivity contribution in [2.24, 2.45) is 0 Å². The van der Waals surface area contributed by atoms with Gasteiger partial charge in [0.2, 0.25) is 0 Å². The highest BCUT2D eigenvalue weighted by atomic mass is 16.5. The van der Waals surface area contributed by atoms with E-state index in [0.29, 0.717) is 18.6 Å². The van der Waals surface area contributed by atoms with Crippen molar-refractivity contribution in [3.8, 4) is 5.75 Å². The second-order valence-electron chi connectivity index (χ2n) is 8.90. The molecule has 144 valence electrons. The van der Waals surface area contributed by atoms with E-state index in [1.54, 1.807) is 13.8 Å². The van der Waals surface area contributed by atoms with Gasteiger partial charge in [-0.25, -0.2) is 0 Å². The van der Waals surface area contributed by atoms with Crippen molar-refractivity contribution in [3.05, 3.63) is 29.8 Å². The van der Waals surface area contributed by atoms with Crippen molar-refractivity contribution in [1.82, 2.24) is 10.2 Å². The molecule has 1 spiro atoms. The predicted molar refractivity (Wildman–Crippen MR) is 102 cm³/mol. The first-order valence-electron chi connectivity index (χ1n) is 9.97. The van der Waals surface area contributed by atoms with Crippen LogP contribution in [0.2, 0.25) is 0 Å². The van der Waals surface area contributed by atoms with E-state index in [1.807, 2.05) is 12.1 Å². The van der Waals surface area contributed by atoms with E-state index < -0.39 is 5.60 Å². The van der Waals surface area contributed by atoms with Gasteiger partial charge in [-0.3, -0.25) is 4.90 Å². The van der Waals surface area contributed by atoms with Crippen molar-refractivity contribution in [2.45, 2.75) is 56.3 Å². The Morgan fingerprint density at radius 1 is 1.27 bits per heavy atom. The lowest BCUT2D eigenvalue weighted by molar-refractivity contribution is -0.0367. The SMILES string of the molecule is CC(C)(O)COc1ccccc1C1CCN(C2COC3(CNC3)C2)CC1. The van der Waals surface area contributed by atoms with Gasteiger partial charge in [-0.15, -0.1) is 0 Å². The molecule has 1 aromatic rings. The third kappa shape index (κ3) is 3.91. The van der Waals surface area contributed by atoms with E-state index in [-0.39, 0.29) is 5.60 Å². The van der Waals surface area contributed by atoms with Crippen LogP contribution in [0.25, 0.3) is 0 Å². The summed E-state index contributed by atoms with van der Waals surface area (Å²) >= 11 is 0. The van der Waals surface area contributed by atoms with Gasteiger partial charge in [0.1, 0.15) is 12.4 Å². The highest BCUT2D eigenvalue weighted by Crippen LogP contribution is 2.38. The van der Waals surface area contributed by atoms with Crippen LogP contribution in [0.4, 0.5) is 0 Å². The van der Waals surface area contributed by atoms with Gasteiger partial charge in [0.15, 0.2) is 0 Å². The topological polar surface area (TPSA) is 54.0 Å². The van der Waals surface area contributed by atoms with E-state index in [1.165, 1.54) is 12.0 Å². The number of nitrogens with one attached hydrogen (secondary N) is 1. The van der Waals surface area contributed by atoms with Crippen LogP contribution in [0.1, 0.15) is 44.6 Å². The van der Waals surface area contributed by atoms with E-state index >= 15 is 0 Å². The standard InChI is InChI=1S/C21H32N2O3/c1-20(2,24)15-25-19-6-4-3-5-18(19)16-7-9-23(10-8-16)17-11-21(26-12-17)13-22-14-21/h3-6,16-17,22,24H,7-15H2,1-2H3. The minimum absolute atomic E-state index is 0.138. The summed E-state index contributed by atoms with van der Waals surface area (Å²) in [5, 5.41) is 13.3. The zero-order valence-corrected chi connectivity index (χ0v) is 16.0. The molecule has 0 bridgehead atoms. The number of ether oxygens (including phenoxy) is 2. The summed E-state index contributed by atoms with van der Waals surface area (Å²) in [4.78, 5) is 2.63. The molecule has 0 saturated carbocycles. The van der Waals surface area contributed by atoms with Gasteiger partial charge in [-0.1, -0.05) is 18.2 Å². The molecule has 0 radical (unpaired) electrons. The normalized spacial score (nSPS) is 26.8. The molecule has 3 aliphatic heterocycles. The first-order valence-corrected chi connectivity index (χ1v) is 9.97. The van der Waals surface area contributed by atoms with Crippen LogP contribution in [-0.2, 0) is 4.74 Å². The molecule has 3 saturated heterocycles. The lowest BCUT2D eigenvalue weighted by atomic mass is 9.86. The smallest absolute Gasteiger partial charge is 0.122 e. The third-order valence-electron chi connectivity index (χ3n) is 6.07. The number of benzene rings is 1. The van der Waals surface area contributed by atoms with Gasteiger partial charge in [0, 0.05) is 19.1 Å². The molecule has 0 amide bonds. The Labute approximate surface area is 156 Å². The van der Waals surface area contributed by atoms with Crippen molar-refractivity contribution < 1.29 is 14.6 Å². The van der Waals surface area contributed by atoms with E-state index in [0.717, 1.165) is 51.4 Å². The van der Waals surface area contributed by atoms with Crippen LogP contribution >= 0.6 is 0 Å². The molecule has 5 nitrogen and oxygen atoms in total. The zero-order chi connectivity index (χ0) is 18.2. The number of nitrogens with zero attached hydrogens (tertiary/aromatic N) is 1. The monoisotopic (exact) mass is 360 g/mol. The Hall–Kier alpha value is -1.14. The Kier molecular flexibility index (Phi) is 4.99. The van der Waals surface area contributed by atoms with Crippen LogP contribution in [0.5, 0.6) is 5.75 Å². The third-order valence-corrected chi connectivity index (χ3v) is 6.07. The Balaban J connectivity index is 1.35. The van der Waals surface area contributed by atoms with Crippen molar-refractivity contribution >= 4 is 0 Å². The highest BCUT2D eigenvalue weighted by Gasteiger charge is 2.47. The lowest BCUT2D eigenvalue weighted by Gasteiger charge is -2.40. The number of likely N-dealkylation sites (tertiary alicyclic amines) is 1. The van der Waals surface area contributed by atoms with Crippen molar-refractivity contribution in [2.75, 3.05) is 39.4 Å². The number of aliphatic hydroxyl groups is 1. The molecule has 26 heavy (non-hydrogen) atoms. The predicted octanol–water partition coefficient (Wildman–Crippen LogP) is 2.15. The summed E-state index contributed by atoms with van der Waals surface area (Å²) in [5.41, 5.74) is 0.614. The molecule has 0 aromatic heterocycles. The molecule has 3 heterocycles. The molecule has 3 aliphatic rings. The minimum Gasteiger partial charge on any atom is -0.490 e. The van der Waals surface area contributed by atoms with Crippen molar-refractivity contribution in [3.63, 3.8) is 0 Å². The van der Waals surface area contributed by atoms with Crippen LogP contribution in [0.3, 0.4) is 0 Å². The Morgan fingerprint density at radius 2 is 2.00 bits per heavy atom. The average Bonchev–Trinajstić information content (AvgIpc) is 3.06. The summed E-state index contributed by atoms with van der Waals surface area (Å²) in [6, 6.07) is 8.91. The first-order chi connectivity index (χ1) is 12.4. The molecule has 1 aromatic carbocycles. The molecule has 1 atom stereocenters. The summed E-state index contributed by atoms with van der Waals surface area (Å²) in [6.45, 7) is 9.06. The van der Waals surface area contributed by atoms with Gasteiger partial charge < -0.3 is 19.9 Å². The number of rotatable bonds is 5. The van der Waals surface area contributed by atoms with Crippen LogP contribution in [0, 0.1) is 0 Å². The summed E-state index contributed by atoms with van der Waals surface area (Å²) < 4.78 is 12.0. The average molecular weight is 360 g/mol. The van der Waals surface area contributed by atoms with Gasteiger partial charge in [0.05, 0.1) is 17.8 Å². The van der Waals surface area contributed by atoms with Crippen LogP contribution in [-0.4, -0.2) is 66.6 Å². The molecule has 1 unspecified atom stereocenters. The lowest BCUT2D eigenvalue weighted by Crippen LogP contribution is -2.59. The first kappa shape index (κ1) is 18.2. The van der Waals surface area contributed by atoms with Gasteiger partial charge >= 0.3 is 0 Å². The van der Waals surface area contributed by atoms with Gasteiger partial charge in [-0.2, -0.15) is 0 Å². The summed E-state index contributed by atoms with van der Waals surface area (Å²) in [5.74, 6) is 1.46. The second kappa shape index (κ2) is 7.12. The fourth-order valence-electron chi connectivity index (χ4n) is 4.48. The van der Waals surface area contributed by atoms with Crippen LogP contribution in [0.15, 0.2) is 24.3 Å². The molecule has 3 fully saturated rings. The molecular weight excluding hydrogens is 328 g/mol. The largest absolute Gasteiger partial charge is 0.490 e. The van der Waals surface area contributed by atoms with Crippen molar-refractivity contribution in [1.29, 1.82) is 0 Å². The molecule has 4 rings (SSSR count). The molecule has 2 N–H and O–H groups in total. The molecule has 0 aliphatic carbocycles. The highest BCUT2D eigenvalue weighted by molar-refractivity contribution is 5.36. The Morgan fingerprint density at radius 3 is 2.62 bits per heavy atom. The van der Waals surface area contributed by atoms with Gasteiger partial charge in [-0.05, 0) is 63.7 Å². The maximum atomic E-state index is 9.96. The Bertz CT molecular complexity index is 616.